The molecule has 0 fully saturated rings. The average molecular weight is 365 g/mol. The number of halogens is 1. The van der Waals surface area contributed by atoms with Crippen molar-refractivity contribution in [3.63, 3.8) is 0 Å². The van der Waals surface area contributed by atoms with Gasteiger partial charge in [-0.05, 0) is 36.1 Å². The molecular weight excluding hydrogens is 352 g/mol. The number of anilines is 2. The molecule has 0 atom stereocenters. The predicted octanol–water partition coefficient (Wildman–Crippen LogP) is 3.97. The van der Waals surface area contributed by atoms with Gasteiger partial charge in [-0.25, -0.2) is 9.97 Å². The monoisotopic (exact) mass is 364 g/mol. The van der Waals surface area contributed by atoms with Gasteiger partial charge in [0.15, 0.2) is 5.16 Å². The van der Waals surface area contributed by atoms with Crippen molar-refractivity contribution < 1.29 is 4.79 Å². The molecule has 0 saturated carbocycles. The van der Waals surface area contributed by atoms with Crippen molar-refractivity contribution in [3.05, 3.63) is 40.2 Å². The summed E-state index contributed by atoms with van der Waals surface area (Å²) in [5, 5.41) is 6.72. The van der Waals surface area contributed by atoms with Crippen LogP contribution in [0.25, 0.3) is 10.2 Å². The zero-order chi connectivity index (χ0) is 16.4. The molecule has 1 aromatic carbocycles. The van der Waals surface area contributed by atoms with Crippen LogP contribution >= 0.6 is 34.7 Å². The lowest BCUT2D eigenvalue weighted by molar-refractivity contribution is -0.113. The van der Waals surface area contributed by atoms with E-state index in [0.717, 1.165) is 15.8 Å². The Kier molecular flexibility index (Phi) is 4.70. The molecule has 118 valence electrons. The molecule has 0 unspecified atom stereocenters. The fourth-order valence-corrected chi connectivity index (χ4v) is 3.64. The van der Waals surface area contributed by atoms with E-state index in [9.17, 15) is 4.79 Å². The third kappa shape index (κ3) is 3.57. The van der Waals surface area contributed by atoms with Crippen LogP contribution < -0.4 is 11.1 Å². The van der Waals surface area contributed by atoms with Crippen molar-refractivity contribution >= 4 is 62.3 Å². The van der Waals surface area contributed by atoms with E-state index in [1.54, 1.807) is 12.1 Å². The fraction of sp³-hybridized carbons (Fsp3) is 0.133. The first kappa shape index (κ1) is 16.0. The zero-order valence-corrected chi connectivity index (χ0v) is 14.6. The van der Waals surface area contributed by atoms with E-state index in [-0.39, 0.29) is 11.7 Å². The average Bonchev–Trinajstić information content (AvgIpc) is 2.99. The largest absolute Gasteiger partial charge is 0.383 e. The van der Waals surface area contributed by atoms with Gasteiger partial charge in [0.2, 0.25) is 5.91 Å². The molecule has 1 amide bonds. The van der Waals surface area contributed by atoms with E-state index < -0.39 is 0 Å². The molecule has 0 aliphatic rings. The third-order valence-corrected chi connectivity index (χ3v) is 5.27. The molecule has 3 N–H and O–H groups in total. The Labute approximate surface area is 146 Å². The van der Waals surface area contributed by atoms with Crippen LogP contribution in [0.5, 0.6) is 0 Å². The summed E-state index contributed by atoms with van der Waals surface area (Å²) in [7, 11) is 0. The first-order chi connectivity index (χ1) is 11.0. The van der Waals surface area contributed by atoms with Gasteiger partial charge < -0.3 is 11.1 Å². The standard InChI is InChI=1S/C15H13ClN4OS2/c1-8-10(16)3-2-4-11(8)18-12(21)7-23-15-19-13(17)9-5-6-22-14(9)20-15/h2-6H,7H2,1H3,(H,18,21)(H2,17,19,20). The van der Waals surface area contributed by atoms with E-state index in [1.165, 1.54) is 23.1 Å². The van der Waals surface area contributed by atoms with Crippen LogP contribution in [0.15, 0.2) is 34.8 Å². The Morgan fingerprint density at radius 2 is 2.22 bits per heavy atom. The quantitative estimate of drug-likeness (QED) is 0.540. The smallest absolute Gasteiger partial charge is 0.234 e. The normalized spacial score (nSPS) is 10.9. The molecule has 0 radical (unpaired) electrons. The Morgan fingerprint density at radius 1 is 1.39 bits per heavy atom. The number of fused-ring (bicyclic) bond motifs is 1. The van der Waals surface area contributed by atoms with Crippen molar-refractivity contribution in [1.82, 2.24) is 9.97 Å². The van der Waals surface area contributed by atoms with E-state index >= 15 is 0 Å². The molecule has 3 rings (SSSR count). The highest BCUT2D eigenvalue weighted by atomic mass is 35.5. The van der Waals surface area contributed by atoms with Gasteiger partial charge in [0.25, 0.3) is 0 Å². The van der Waals surface area contributed by atoms with E-state index in [2.05, 4.69) is 15.3 Å². The van der Waals surface area contributed by atoms with Crippen LogP contribution in [0.2, 0.25) is 5.02 Å². The second-order valence-corrected chi connectivity index (χ2v) is 7.02. The number of thiophene rings is 1. The first-order valence-corrected chi connectivity index (χ1v) is 8.97. The number of aromatic nitrogens is 2. The summed E-state index contributed by atoms with van der Waals surface area (Å²) in [5.41, 5.74) is 7.44. The van der Waals surface area contributed by atoms with E-state index in [1.807, 2.05) is 24.4 Å². The van der Waals surface area contributed by atoms with Gasteiger partial charge >= 0.3 is 0 Å². The molecule has 2 aromatic heterocycles. The van der Waals surface area contributed by atoms with Gasteiger partial charge in [-0.1, -0.05) is 29.4 Å². The van der Waals surface area contributed by atoms with Crippen LogP contribution in [0.1, 0.15) is 5.56 Å². The summed E-state index contributed by atoms with van der Waals surface area (Å²) in [6.07, 6.45) is 0. The molecular formula is C15H13ClN4OS2. The molecule has 0 aliphatic heterocycles. The van der Waals surface area contributed by atoms with Crippen LogP contribution in [0.4, 0.5) is 11.5 Å². The minimum absolute atomic E-state index is 0.145. The number of nitrogens with two attached hydrogens (primary N) is 1. The summed E-state index contributed by atoms with van der Waals surface area (Å²) in [6, 6.07) is 7.29. The molecule has 23 heavy (non-hydrogen) atoms. The van der Waals surface area contributed by atoms with Gasteiger partial charge in [0.05, 0.1) is 11.1 Å². The number of benzene rings is 1. The number of amides is 1. The molecule has 0 spiro atoms. The van der Waals surface area contributed by atoms with Gasteiger partial charge in [-0.15, -0.1) is 11.3 Å². The maximum absolute atomic E-state index is 12.1. The number of nitrogens with zero attached hydrogens (tertiary/aromatic N) is 2. The summed E-state index contributed by atoms with van der Waals surface area (Å²) in [4.78, 5) is 21.5. The van der Waals surface area contributed by atoms with E-state index in [0.29, 0.717) is 21.7 Å². The summed E-state index contributed by atoms with van der Waals surface area (Å²) < 4.78 is 0. The van der Waals surface area contributed by atoms with Crippen LogP contribution in [0, 0.1) is 6.92 Å². The van der Waals surface area contributed by atoms with Crippen molar-refractivity contribution in [1.29, 1.82) is 0 Å². The van der Waals surface area contributed by atoms with Gasteiger partial charge in [0.1, 0.15) is 10.6 Å². The summed E-state index contributed by atoms with van der Waals surface area (Å²) in [5.74, 6) is 0.487. The maximum Gasteiger partial charge on any atom is 0.234 e. The zero-order valence-electron chi connectivity index (χ0n) is 12.2. The minimum Gasteiger partial charge on any atom is -0.383 e. The molecule has 8 heteroatoms. The van der Waals surface area contributed by atoms with Gasteiger partial charge in [-0.2, -0.15) is 0 Å². The highest BCUT2D eigenvalue weighted by Gasteiger charge is 2.11. The molecule has 5 nitrogen and oxygen atoms in total. The van der Waals surface area contributed by atoms with Gasteiger partial charge in [0, 0.05) is 10.7 Å². The second-order valence-electron chi connectivity index (χ2n) is 4.78. The number of carbonyl (C=O) groups is 1. The molecule has 2 heterocycles. The number of hydrogen-bond donors (Lipinski definition) is 2. The van der Waals surface area contributed by atoms with Crippen molar-refractivity contribution in [2.45, 2.75) is 12.1 Å². The minimum atomic E-state index is -0.145. The topological polar surface area (TPSA) is 80.9 Å². The number of carbonyl (C=O) groups excluding carboxylic acids is 1. The molecule has 0 bridgehead atoms. The Hall–Kier alpha value is -1.83. The fourth-order valence-electron chi connectivity index (χ4n) is 1.98. The SMILES string of the molecule is Cc1c(Cl)cccc1NC(=O)CSc1nc(N)c2ccsc2n1. The number of rotatable bonds is 4. The predicted molar refractivity (Wildman–Crippen MR) is 97.4 cm³/mol. The van der Waals surface area contributed by atoms with Crippen molar-refractivity contribution in [2.24, 2.45) is 0 Å². The van der Waals surface area contributed by atoms with Gasteiger partial charge in [-0.3, -0.25) is 4.79 Å². The highest BCUT2D eigenvalue weighted by Crippen LogP contribution is 2.27. The number of hydrogen-bond acceptors (Lipinski definition) is 6. The van der Waals surface area contributed by atoms with Crippen molar-refractivity contribution in [2.75, 3.05) is 16.8 Å². The summed E-state index contributed by atoms with van der Waals surface area (Å²) in [6.45, 7) is 1.86. The molecule has 0 aliphatic carbocycles. The first-order valence-electron chi connectivity index (χ1n) is 6.73. The molecule has 0 saturated heterocycles. The molecule has 3 aromatic rings. The number of thioether (sulfide) groups is 1. The van der Waals surface area contributed by atoms with Crippen LogP contribution in [-0.4, -0.2) is 21.6 Å². The number of nitrogens with one attached hydrogen (secondary N) is 1. The Bertz CT molecular complexity index is 881. The van der Waals surface area contributed by atoms with E-state index in [4.69, 9.17) is 17.3 Å². The Morgan fingerprint density at radius 3 is 3.04 bits per heavy atom. The van der Waals surface area contributed by atoms with Crippen LogP contribution in [0.3, 0.4) is 0 Å². The van der Waals surface area contributed by atoms with Crippen LogP contribution in [-0.2, 0) is 4.79 Å². The second kappa shape index (κ2) is 6.74. The third-order valence-electron chi connectivity index (χ3n) is 3.21. The lowest BCUT2D eigenvalue weighted by Crippen LogP contribution is -2.15. The summed E-state index contributed by atoms with van der Waals surface area (Å²) >= 11 is 8.79. The lowest BCUT2D eigenvalue weighted by atomic mass is 10.2. The maximum atomic E-state index is 12.1. The Balaban J connectivity index is 1.67. The number of nitrogen functional groups attached to an aromatic ring is 1. The van der Waals surface area contributed by atoms with Crippen molar-refractivity contribution in [3.8, 4) is 0 Å². The lowest BCUT2D eigenvalue weighted by Gasteiger charge is -2.09. The highest BCUT2D eigenvalue weighted by molar-refractivity contribution is 7.99.